The van der Waals surface area contributed by atoms with E-state index < -0.39 is 11.8 Å². The van der Waals surface area contributed by atoms with Gasteiger partial charge in [-0.3, -0.25) is 14.5 Å². The van der Waals surface area contributed by atoms with Crippen LogP contribution in [0.15, 0.2) is 42.1 Å². The number of imide groups is 1. The summed E-state index contributed by atoms with van der Waals surface area (Å²) in [5.74, 6) is 0.185. The van der Waals surface area contributed by atoms with E-state index in [1.54, 1.807) is 44.2 Å². The van der Waals surface area contributed by atoms with Crippen molar-refractivity contribution in [3.8, 4) is 11.5 Å². The molecule has 0 unspecified atom stereocenters. The quantitative estimate of drug-likeness (QED) is 0.672. The van der Waals surface area contributed by atoms with E-state index in [1.165, 1.54) is 25.2 Å². The highest BCUT2D eigenvalue weighted by Crippen LogP contribution is 2.37. The molecule has 2 amide bonds. The van der Waals surface area contributed by atoms with Gasteiger partial charge in [-0.05, 0) is 38.1 Å². The Morgan fingerprint density at radius 2 is 1.62 bits per heavy atom. The van der Waals surface area contributed by atoms with Crippen LogP contribution in [0.3, 0.4) is 0 Å². The van der Waals surface area contributed by atoms with Crippen molar-refractivity contribution in [3.05, 3.63) is 57.7 Å². The van der Waals surface area contributed by atoms with Crippen molar-refractivity contribution in [1.82, 2.24) is 4.90 Å². The Balaban J connectivity index is 2.13. The van der Waals surface area contributed by atoms with Gasteiger partial charge in [-0.1, -0.05) is 29.3 Å². The van der Waals surface area contributed by atoms with Crippen LogP contribution < -0.4 is 14.8 Å². The number of nitrogens with one attached hydrogen (secondary N) is 1. The van der Waals surface area contributed by atoms with Crippen LogP contribution in [0, 0.1) is 0 Å². The molecule has 0 aromatic heterocycles. The minimum Gasteiger partial charge on any atom is -0.493 e. The van der Waals surface area contributed by atoms with E-state index in [0.29, 0.717) is 27.8 Å². The fourth-order valence-corrected chi connectivity index (χ4v) is 3.64. The van der Waals surface area contributed by atoms with E-state index in [1.807, 2.05) is 0 Å². The van der Waals surface area contributed by atoms with Crippen LogP contribution in [0.4, 0.5) is 5.69 Å². The number of rotatable bonds is 6. The van der Waals surface area contributed by atoms with Gasteiger partial charge in [-0.2, -0.15) is 0 Å². The summed E-state index contributed by atoms with van der Waals surface area (Å²) >= 11 is 12.3. The Morgan fingerprint density at radius 1 is 0.931 bits per heavy atom. The predicted octanol–water partition coefficient (Wildman–Crippen LogP) is 4.61. The molecule has 6 nitrogen and oxygen atoms in total. The first kappa shape index (κ1) is 21.0. The fourth-order valence-electron chi connectivity index (χ4n) is 3.13. The minimum absolute atomic E-state index is 0.139. The lowest BCUT2D eigenvalue weighted by molar-refractivity contribution is -0.138. The van der Waals surface area contributed by atoms with Gasteiger partial charge < -0.3 is 14.8 Å². The molecule has 0 radical (unpaired) electrons. The summed E-state index contributed by atoms with van der Waals surface area (Å²) in [6.07, 6.45) is 0. The van der Waals surface area contributed by atoms with Gasteiger partial charge in [0.2, 0.25) is 0 Å². The molecule has 1 aliphatic rings. The number of nitrogens with zero attached hydrogens (tertiary/aromatic N) is 1. The molecule has 3 rings (SSSR count). The molecular formula is C21H20Cl2N2O4. The third-order valence-electron chi connectivity index (χ3n) is 4.49. The summed E-state index contributed by atoms with van der Waals surface area (Å²) in [4.78, 5) is 27.3. The Kier molecular flexibility index (Phi) is 6.05. The van der Waals surface area contributed by atoms with Crippen LogP contribution in [0.1, 0.15) is 19.4 Å². The number of hydrogen-bond acceptors (Lipinski definition) is 5. The molecule has 0 saturated carbocycles. The van der Waals surface area contributed by atoms with Crippen molar-refractivity contribution >= 4 is 46.3 Å². The van der Waals surface area contributed by atoms with Crippen LogP contribution in [-0.4, -0.2) is 37.0 Å². The van der Waals surface area contributed by atoms with E-state index in [4.69, 9.17) is 32.7 Å². The third-order valence-corrected chi connectivity index (χ3v) is 5.03. The van der Waals surface area contributed by atoms with Gasteiger partial charge in [0.05, 0.1) is 24.8 Å². The third kappa shape index (κ3) is 3.91. The summed E-state index contributed by atoms with van der Waals surface area (Å²) in [7, 11) is 3.05. The number of carbonyl (C=O) groups is 2. The fraction of sp³-hybridized carbons (Fsp3) is 0.238. The Morgan fingerprint density at radius 3 is 2.21 bits per heavy atom. The Hall–Kier alpha value is -2.70. The Labute approximate surface area is 179 Å². The topological polar surface area (TPSA) is 67.9 Å². The molecule has 0 aliphatic carbocycles. The molecule has 1 aliphatic heterocycles. The van der Waals surface area contributed by atoms with Crippen LogP contribution in [0.2, 0.25) is 10.0 Å². The van der Waals surface area contributed by atoms with Gasteiger partial charge in [0.15, 0.2) is 11.5 Å². The molecule has 29 heavy (non-hydrogen) atoms. The molecule has 8 heteroatoms. The molecule has 0 saturated heterocycles. The standard InChI is InChI=1S/C21H20Cl2N2O4/c1-11(2)25-20(26)18(14-7-5-12(22)9-15(14)23)19(21(25)27)24-13-6-8-16(28-3)17(10-13)29-4/h5-11,24H,1-4H3. The Bertz CT molecular complexity index is 1020. The summed E-state index contributed by atoms with van der Waals surface area (Å²) < 4.78 is 10.6. The number of anilines is 1. The SMILES string of the molecule is COc1ccc(NC2=C(c3ccc(Cl)cc3Cl)C(=O)N(C(C)C)C2=O)cc1OC. The van der Waals surface area contributed by atoms with E-state index in [9.17, 15) is 9.59 Å². The van der Waals surface area contributed by atoms with Crippen LogP contribution >= 0.6 is 23.2 Å². The van der Waals surface area contributed by atoms with Crippen molar-refractivity contribution in [2.45, 2.75) is 19.9 Å². The van der Waals surface area contributed by atoms with E-state index in [0.717, 1.165) is 0 Å². The summed E-state index contributed by atoms with van der Waals surface area (Å²) in [5, 5.41) is 3.78. The highest BCUT2D eigenvalue weighted by atomic mass is 35.5. The lowest BCUT2D eigenvalue weighted by atomic mass is 10.0. The highest BCUT2D eigenvalue weighted by Gasteiger charge is 2.41. The van der Waals surface area contributed by atoms with Gasteiger partial charge in [-0.15, -0.1) is 0 Å². The maximum atomic E-state index is 13.1. The van der Waals surface area contributed by atoms with Gasteiger partial charge in [0.1, 0.15) is 5.70 Å². The first-order valence-corrected chi connectivity index (χ1v) is 9.60. The van der Waals surface area contributed by atoms with Gasteiger partial charge in [-0.25, -0.2) is 0 Å². The van der Waals surface area contributed by atoms with Crippen molar-refractivity contribution in [2.24, 2.45) is 0 Å². The molecule has 0 fully saturated rings. The lowest BCUT2D eigenvalue weighted by Crippen LogP contribution is -2.38. The van der Waals surface area contributed by atoms with E-state index >= 15 is 0 Å². The van der Waals surface area contributed by atoms with Crippen molar-refractivity contribution in [1.29, 1.82) is 0 Å². The molecule has 2 aromatic rings. The first-order chi connectivity index (χ1) is 13.8. The summed E-state index contributed by atoms with van der Waals surface area (Å²) in [6, 6.07) is 9.59. The molecular weight excluding hydrogens is 415 g/mol. The van der Waals surface area contributed by atoms with Gasteiger partial charge >= 0.3 is 0 Å². The number of ether oxygens (including phenoxy) is 2. The smallest absolute Gasteiger partial charge is 0.278 e. The van der Waals surface area contributed by atoms with Crippen LogP contribution in [0.25, 0.3) is 5.57 Å². The average Bonchev–Trinajstić information content (AvgIpc) is 2.91. The molecule has 0 atom stereocenters. The molecule has 0 bridgehead atoms. The van der Waals surface area contributed by atoms with Crippen molar-refractivity contribution < 1.29 is 19.1 Å². The number of carbonyl (C=O) groups excluding carboxylic acids is 2. The minimum atomic E-state index is -0.430. The maximum Gasteiger partial charge on any atom is 0.278 e. The first-order valence-electron chi connectivity index (χ1n) is 8.85. The second-order valence-electron chi connectivity index (χ2n) is 6.64. The zero-order chi connectivity index (χ0) is 21.3. The van der Waals surface area contributed by atoms with Gasteiger partial charge in [0.25, 0.3) is 11.8 Å². The average molecular weight is 435 g/mol. The summed E-state index contributed by atoms with van der Waals surface area (Å²) in [5.41, 5.74) is 1.33. The van der Waals surface area contributed by atoms with Crippen LogP contribution in [0.5, 0.6) is 11.5 Å². The highest BCUT2D eigenvalue weighted by molar-refractivity contribution is 6.41. The lowest BCUT2D eigenvalue weighted by Gasteiger charge is -2.19. The molecule has 2 aromatic carbocycles. The zero-order valence-electron chi connectivity index (χ0n) is 16.4. The van der Waals surface area contributed by atoms with E-state index in [2.05, 4.69) is 5.32 Å². The van der Waals surface area contributed by atoms with Crippen LogP contribution in [-0.2, 0) is 9.59 Å². The monoisotopic (exact) mass is 434 g/mol. The second-order valence-corrected chi connectivity index (χ2v) is 7.49. The normalized spacial score (nSPS) is 14.1. The molecule has 0 spiro atoms. The molecule has 1 N–H and O–H groups in total. The number of hydrogen-bond donors (Lipinski definition) is 1. The number of benzene rings is 2. The van der Waals surface area contributed by atoms with E-state index in [-0.39, 0.29) is 22.3 Å². The van der Waals surface area contributed by atoms with Gasteiger partial charge in [0, 0.05) is 28.4 Å². The maximum absolute atomic E-state index is 13.1. The van der Waals surface area contributed by atoms with Crippen molar-refractivity contribution in [2.75, 3.05) is 19.5 Å². The largest absolute Gasteiger partial charge is 0.493 e. The number of halogens is 2. The predicted molar refractivity (Wildman–Crippen MR) is 114 cm³/mol. The number of amides is 2. The second kappa shape index (κ2) is 8.35. The summed E-state index contributed by atoms with van der Waals surface area (Å²) in [6.45, 7) is 3.55. The molecule has 152 valence electrons. The zero-order valence-corrected chi connectivity index (χ0v) is 17.9. The molecule has 1 heterocycles. The number of methoxy groups -OCH3 is 2. The van der Waals surface area contributed by atoms with Crippen molar-refractivity contribution in [3.63, 3.8) is 0 Å².